The van der Waals surface area contributed by atoms with Crippen molar-refractivity contribution in [2.24, 2.45) is 5.73 Å². The fourth-order valence-corrected chi connectivity index (χ4v) is 4.00. The number of rotatable bonds is 7. The normalized spacial score (nSPS) is 18.0. The van der Waals surface area contributed by atoms with Gasteiger partial charge >= 0.3 is 0 Å². The van der Waals surface area contributed by atoms with Gasteiger partial charge in [-0.2, -0.15) is 0 Å². The molecule has 1 aliphatic rings. The molecule has 2 unspecified atom stereocenters. The Balaban J connectivity index is 1.52. The molecule has 4 rings (SSSR count). The van der Waals surface area contributed by atoms with Gasteiger partial charge < -0.3 is 16.0 Å². The van der Waals surface area contributed by atoms with E-state index in [2.05, 4.69) is 33.5 Å². The monoisotopic (exact) mass is 349 g/mol. The highest BCUT2D eigenvalue weighted by Crippen LogP contribution is 2.28. The Kier molecular flexibility index (Phi) is 5.27. The molecule has 2 atom stereocenters. The molecule has 2 heterocycles. The zero-order chi connectivity index (χ0) is 17.8. The standard InChI is InChI=1S/C21H27N5/c22-12-4-8-16(14-20-25-17-9-1-2-10-18(17)26-20)24-19-11-3-6-15-7-5-13-23-21(15)19/h1-2,5,7,9-10,13,16,19,24H,3-4,6,8,11-12,14,22H2,(H,25,26). The number of imidazole rings is 1. The largest absolute Gasteiger partial charge is 0.342 e. The molecule has 0 spiro atoms. The second kappa shape index (κ2) is 7.98. The number of fused-ring (bicyclic) bond motifs is 2. The lowest BCUT2D eigenvalue weighted by molar-refractivity contribution is 0.363. The van der Waals surface area contributed by atoms with Crippen LogP contribution in [0.1, 0.15) is 48.8 Å². The molecule has 0 fully saturated rings. The Hall–Kier alpha value is -2.24. The van der Waals surface area contributed by atoms with Crippen LogP contribution in [0.15, 0.2) is 42.6 Å². The van der Waals surface area contributed by atoms with E-state index in [1.165, 1.54) is 17.7 Å². The van der Waals surface area contributed by atoms with Crippen LogP contribution in [-0.2, 0) is 12.8 Å². The zero-order valence-electron chi connectivity index (χ0n) is 15.1. The summed E-state index contributed by atoms with van der Waals surface area (Å²) >= 11 is 0. The number of H-pyrrole nitrogens is 1. The van der Waals surface area contributed by atoms with E-state index in [1.54, 1.807) is 0 Å². The van der Waals surface area contributed by atoms with Crippen LogP contribution < -0.4 is 11.1 Å². The molecule has 0 saturated carbocycles. The molecule has 0 amide bonds. The van der Waals surface area contributed by atoms with Gasteiger partial charge in [0, 0.05) is 24.7 Å². The van der Waals surface area contributed by atoms with E-state index in [1.807, 2.05) is 24.4 Å². The van der Waals surface area contributed by atoms with Crippen molar-refractivity contribution < 1.29 is 0 Å². The van der Waals surface area contributed by atoms with Gasteiger partial charge in [-0.05, 0) is 62.4 Å². The van der Waals surface area contributed by atoms with Gasteiger partial charge in [-0.3, -0.25) is 4.98 Å². The summed E-state index contributed by atoms with van der Waals surface area (Å²) in [5, 5.41) is 3.86. The lowest BCUT2D eigenvalue weighted by Gasteiger charge is -2.29. The smallest absolute Gasteiger partial charge is 0.108 e. The van der Waals surface area contributed by atoms with E-state index in [0.717, 1.165) is 55.5 Å². The van der Waals surface area contributed by atoms with Crippen molar-refractivity contribution in [2.45, 2.75) is 50.6 Å². The van der Waals surface area contributed by atoms with Gasteiger partial charge in [-0.25, -0.2) is 4.98 Å². The van der Waals surface area contributed by atoms with Gasteiger partial charge in [0.1, 0.15) is 5.82 Å². The Morgan fingerprint density at radius 1 is 1.23 bits per heavy atom. The Morgan fingerprint density at radius 3 is 3.04 bits per heavy atom. The van der Waals surface area contributed by atoms with Crippen molar-refractivity contribution in [3.63, 3.8) is 0 Å². The molecule has 3 aromatic rings. The van der Waals surface area contributed by atoms with Crippen molar-refractivity contribution in [1.29, 1.82) is 0 Å². The number of pyridine rings is 1. The van der Waals surface area contributed by atoms with Crippen LogP contribution in [0.3, 0.4) is 0 Å². The Morgan fingerprint density at radius 2 is 2.15 bits per heavy atom. The first-order chi connectivity index (χ1) is 12.8. The van der Waals surface area contributed by atoms with Crippen LogP contribution in [0.4, 0.5) is 0 Å². The fraction of sp³-hybridized carbons (Fsp3) is 0.429. The van der Waals surface area contributed by atoms with Gasteiger partial charge in [0.15, 0.2) is 0 Å². The summed E-state index contributed by atoms with van der Waals surface area (Å²) in [6.45, 7) is 0.720. The van der Waals surface area contributed by atoms with Crippen LogP contribution in [0.2, 0.25) is 0 Å². The average molecular weight is 349 g/mol. The number of aromatic nitrogens is 3. The summed E-state index contributed by atoms with van der Waals surface area (Å²) < 4.78 is 0. The molecule has 1 aromatic carbocycles. The average Bonchev–Trinajstić information content (AvgIpc) is 3.08. The molecular formula is C21H27N5. The molecule has 26 heavy (non-hydrogen) atoms. The molecule has 0 aliphatic heterocycles. The number of hydrogen-bond acceptors (Lipinski definition) is 4. The number of aromatic amines is 1. The maximum absolute atomic E-state index is 5.78. The third kappa shape index (κ3) is 3.79. The fourth-order valence-electron chi connectivity index (χ4n) is 4.00. The SMILES string of the molecule is NCCCC(Cc1nc2ccccc2[nH]1)NC1CCCc2cccnc21. The molecule has 5 heteroatoms. The van der Waals surface area contributed by atoms with E-state index in [9.17, 15) is 0 Å². The van der Waals surface area contributed by atoms with Crippen LogP contribution in [0, 0.1) is 0 Å². The molecular weight excluding hydrogens is 322 g/mol. The van der Waals surface area contributed by atoms with Gasteiger partial charge in [-0.1, -0.05) is 18.2 Å². The highest BCUT2D eigenvalue weighted by atomic mass is 15.0. The highest BCUT2D eigenvalue weighted by Gasteiger charge is 2.24. The van der Waals surface area contributed by atoms with Crippen molar-refractivity contribution in [1.82, 2.24) is 20.3 Å². The molecule has 0 saturated heterocycles. The van der Waals surface area contributed by atoms with Gasteiger partial charge in [-0.15, -0.1) is 0 Å². The van der Waals surface area contributed by atoms with E-state index < -0.39 is 0 Å². The lowest BCUT2D eigenvalue weighted by Crippen LogP contribution is -2.37. The maximum atomic E-state index is 5.78. The molecule has 0 bridgehead atoms. The van der Waals surface area contributed by atoms with Crippen molar-refractivity contribution >= 4 is 11.0 Å². The Bertz CT molecular complexity index is 823. The van der Waals surface area contributed by atoms with Crippen molar-refractivity contribution in [3.8, 4) is 0 Å². The molecule has 1 aliphatic carbocycles. The zero-order valence-corrected chi connectivity index (χ0v) is 15.1. The first-order valence-electron chi connectivity index (χ1n) is 9.67. The number of benzene rings is 1. The van der Waals surface area contributed by atoms with E-state index >= 15 is 0 Å². The topological polar surface area (TPSA) is 79.6 Å². The number of hydrogen-bond donors (Lipinski definition) is 3. The van der Waals surface area contributed by atoms with E-state index in [4.69, 9.17) is 10.7 Å². The molecule has 2 aromatic heterocycles. The predicted octanol–water partition coefficient (Wildman–Crippen LogP) is 3.28. The third-order valence-corrected chi connectivity index (χ3v) is 5.27. The van der Waals surface area contributed by atoms with Crippen LogP contribution in [0.5, 0.6) is 0 Å². The minimum Gasteiger partial charge on any atom is -0.342 e. The summed E-state index contributed by atoms with van der Waals surface area (Å²) in [7, 11) is 0. The second-order valence-corrected chi connectivity index (χ2v) is 7.19. The summed E-state index contributed by atoms with van der Waals surface area (Å²) in [5.41, 5.74) is 10.5. The summed E-state index contributed by atoms with van der Waals surface area (Å²) in [5.74, 6) is 1.04. The van der Waals surface area contributed by atoms with Gasteiger partial charge in [0.05, 0.1) is 16.7 Å². The van der Waals surface area contributed by atoms with Crippen LogP contribution in [0.25, 0.3) is 11.0 Å². The number of aryl methyl sites for hydroxylation is 1. The minimum atomic E-state index is 0.326. The summed E-state index contributed by atoms with van der Waals surface area (Å²) in [6, 6.07) is 13.1. The number of nitrogens with one attached hydrogen (secondary N) is 2. The third-order valence-electron chi connectivity index (χ3n) is 5.27. The maximum Gasteiger partial charge on any atom is 0.108 e. The summed E-state index contributed by atoms with van der Waals surface area (Å²) in [6.07, 6.45) is 8.35. The minimum absolute atomic E-state index is 0.326. The first-order valence-corrected chi connectivity index (χ1v) is 9.67. The van der Waals surface area contributed by atoms with Gasteiger partial charge in [0.2, 0.25) is 0 Å². The number of nitrogens with zero attached hydrogens (tertiary/aromatic N) is 2. The molecule has 136 valence electrons. The number of nitrogens with two attached hydrogens (primary N) is 1. The number of para-hydroxylation sites is 2. The molecule has 4 N–H and O–H groups in total. The predicted molar refractivity (Wildman–Crippen MR) is 105 cm³/mol. The van der Waals surface area contributed by atoms with Crippen LogP contribution in [-0.4, -0.2) is 27.5 Å². The molecule has 0 radical (unpaired) electrons. The van der Waals surface area contributed by atoms with E-state index in [0.29, 0.717) is 12.1 Å². The quantitative estimate of drug-likeness (QED) is 0.611. The van der Waals surface area contributed by atoms with Crippen LogP contribution >= 0.6 is 0 Å². The van der Waals surface area contributed by atoms with E-state index in [-0.39, 0.29) is 0 Å². The lowest BCUT2D eigenvalue weighted by atomic mass is 9.91. The van der Waals surface area contributed by atoms with Gasteiger partial charge in [0.25, 0.3) is 0 Å². The highest BCUT2D eigenvalue weighted by molar-refractivity contribution is 5.74. The summed E-state index contributed by atoms with van der Waals surface area (Å²) in [4.78, 5) is 12.9. The second-order valence-electron chi connectivity index (χ2n) is 7.19. The first kappa shape index (κ1) is 17.2. The Labute approximate surface area is 154 Å². The van der Waals surface area contributed by atoms with Crippen molar-refractivity contribution in [2.75, 3.05) is 6.54 Å². The molecule has 5 nitrogen and oxygen atoms in total. The van der Waals surface area contributed by atoms with Crippen molar-refractivity contribution in [3.05, 3.63) is 59.7 Å².